The van der Waals surface area contributed by atoms with Crippen molar-refractivity contribution in [2.24, 2.45) is 10.9 Å². The van der Waals surface area contributed by atoms with E-state index < -0.39 is 0 Å². The van der Waals surface area contributed by atoms with Crippen LogP contribution >= 0.6 is 15.9 Å². The Morgan fingerprint density at radius 3 is 2.78 bits per heavy atom. The van der Waals surface area contributed by atoms with Gasteiger partial charge in [-0.15, -0.1) is 0 Å². The fraction of sp³-hybridized carbons (Fsp3) is 0.333. The van der Waals surface area contributed by atoms with E-state index in [0.717, 1.165) is 10.0 Å². The predicted octanol–water partition coefficient (Wildman–Crippen LogP) is 1.97. The van der Waals surface area contributed by atoms with E-state index in [1.54, 1.807) is 6.07 Å². The van der Waals surface area contributed by atoms with Gasteiger partial charge in [-0.25, -0.2) is 0 Å². The molecule has 1 aromatic carbocycles. The first-order valence-electron chi connectivity index (χ1n) is 5.51. The van der Waals surface area contributed by atoms with Crippen LogP contribution in [0.2, 0.25) is 0 Å². The number of nitrogens with zero attached hydrogens (tertiary/aromatic N) is 2. The molecule has 0 unspecified atom stereocenters. The normalized spacial score (nSPS) is 11.4. The van der Waals surface area contributed by atoms with Crippen molar-refractivity contribution in [1.29, 1.82) is 0 Å². The highest BCUT2D eigenvalue weighted by Crippen LogP contribution is 2.17. The lowest BCUT2D eigenvalue weighted by molar-refractivity contribution is 0.0785. The molecule has 0 radical (unpaired) electrons. The van der Waals surface area contributed by atoms with Gasteiger partial charge in [0.25, 0.3) is 5.91 Å². The molecule has 0 saturated carbocycles. The van der Waals surface area contributed by atoms with E-state index in [9.17, 15) is 4.79 Å². The molecule has 0 fully saturated rings. The monoisotopic (exact) mass is 313 g/mol. The second-order valence-electron chi connectivity index (χ2n) is 3.87. The summed E-state index contributed by atoms with van der Waals surface area (Å²) in [4.78, 5) is 13.8. The number of rotatable bonds is 4. The minimum absolute atomic E-state index is 0.0119. The number of carbonyl (C=O) groups is 1. The summed E-state index contributed by atoms with van der Waals surface area (Å²) in [5, 5.41) is 11.4. The summed E-state index contributed by atoms with van der Waals surface area (Å²) in [6, 6.07) is 5.52. The molecule has 0 atom stereocenters. The lowest BCUT2D eigenvalue weighted by Crippen LogP contribution is -2.38. The Morgan fingerprint density at radius 1 is 1.56 bits per heavy atom. The molecule has 1 amide bonds. The molecule has 98 valence electrons. The lowest BCUT2D eigenvalue weighted by Gasteiger charge is -2.21. The van der Waals surface area contributed by atoms with Gasteiger partial charge in [-0.05, 0) is 31.5 Å². The number of benzene rings is 1. The zero-order valence-corrected chi connectivity index (χ0v) is 11.9. The van der Waals surface area contributed by atoms with Crippen LogP contribution in [0.4, 0.5) is 0 Å². The molecule has 0 aliphatic carbocycles. The smallest absolute Gasteiger partial charge is 0.254 e. The number of aryl methyl sites for hydroxylation is 1. The second kappa shape index (κ2) is 6.39. The van der Waals surface area contributed by atoms with E-state index in [-0.39, 0.29) is 18.3 Å². The Morgan fingerprint density at radius 2 is 2.22 bits per heavy atom. The maximum absolute atomic E-state index is 12.3. The fourth-order valence-corrected chi connectivity index (χ4v) is 1.91. The maximum atomic E-state index is 12.3. The maximum Gasteiger partial charge on any atom is 0.254 e. The van der Waals surface area contributed by atoms with Crippen LogP contribution in [-0.2, 0) is 0 Å². The number of halogens is 1. The molecule has 0 saturated heterocycles. The molecular formula is C12H16BrN3O2. The first kappa shape index (κ1) is 14.5. The van der Waals surface area contributed by atoms with Gasteiger partial charge in [0.2, 0.25) is 0 Å². The number of hydrogen-bond donors (Lipinski definition) is 2. The number of amides is 1. The summed E-state index contributed by atoms with van der Waals surface area (Å²) in [6.07, 6.45) is 0. The number of carbonyl (C=O) groups excluding carboxylic acids is 1. The van der Waals surface area contributed by atoms with E-state index in [1.165, 1.54) is 4.90 Å². The van der Waals surface area contributed by atoms with Crippen LogP contribution in [0.3, 0.4) is 0 Å². The van der Waals surface area contributed by atoms with Gasteiger partial charge in [-0.1, -0.05) is 27.2 Å². The van der Waals surface area contributed by atoms with Crippen LogP contribution in [0.15, 0.2) is 27.8 Å². The minimum Gasteiger partial charge on any atom is -0.409 e. The van der Waals surface area contributed by atoms with Gasteiger partial charge in [-0.3, -0.25) is 4.79 Å². The molecule has 6 heteroatoms. The molecule has 0 spiro atoms. The standard InChI is InChI=1S/C12H16BrN3O2/c1-3-16(7-11(14)15-18)12(17)10-6-9(13)5-4-8(10)2/h4-6,18H,3,7H2,1-2H3,(H2,14,15). The Labute approximate surface area is 114 Å². The molecule has 18 heavy (non-hydrogen) atoms. The Kier molecular flexibility index (Phi) is 5.15. The third-order valence-electron chi connectivity index (χ3n) is 2.58. The Bertz CT molecular complexity index is 474. The zero-order chi connectivity index (χ0) is 13.7. The predicted molar refractivity (Wildman–Crippen MR) is 73.9 cm³/mol. The van der Waals surface area contributed by atoms with E-state index in [2.05, 4.69) is 21.1 Å². The highest BCUT2D eigenvalue weighted by atomic mass is 79.9. The van der Waals surface area contributed by atoms with Crippen LogP contribution in [0.1, 0.15) is 22.8 Å². The highest BCUT2D eigenvalue weighted by molar-refractivity contribution is 9.10. The number of amidine groups is 1. The molecule has 1 rings (SSSR count). The molecule has 5 nitrogen and oxygen atoms in total. The summed E-state index contributed by atoms with van der Waals surface area (Å²) in [5.74, 6) is -0.124. The van der Waals surface area contributed by atoms with Crippen molar-refractivity contribution in [1.82, 2.24) is 4.90 Å². The largest absolute Gasteiger partial charge is 0.409 e. The SMILES string of the molecule is CCN(CC(N)=NO)C(=O)c1cc(Br)ccc1C. The fourth-order valence-electron chi connectivity index (χ4n) is 1.55. The summed E-state index contributed by atoms with van der Waals surface area (Å²) < 4.78 is 0.844. The summed E-state index contributed by atoms with van der Waals surface area (Å²) in [6.45, 7) is 4.31. The van der Waals surface area contributed by atoms with E-state index in [4.69, 9.17) is 10.9 Å². The van der Waals surface area contributed by atoms with Crippen molar-refractivity contribution in [3.63, 3.8) is 0 Å². The summed E-state index contributed by atoms with van der Waals surface area (Å²) in [5.41, 5.74) is 6.93. The lowest BCUT2D eigenvalue weighted by atomic mass is 10.1. The molecule has 0 aromatic heterocycles. The summed E-state index contributed by atoms with van der Waals surface area (Å²) >= 11 is 3.34. The van der Waals surface area contributed by atoms with Crippen LogP contribution in [-0.4, -0.2) is 34.9 Å². The van der Waals surface area contributed by atoms with Crippen molar-refractivity contribution in [2.75, 3.05) is 13.1 Å². The molecule has 0 bridgehead atoms. The van der Waals surface area contributed by atoms with Gasteiger partial charge in [-0.2, -0.15) is 0 Å². The number of likely N-dealkylation sites (N-methyl/N-ethyl adjacent to an activating group) is 1. The van der Waals surface area contributed by atoms with Crippen LogP contribution in [0.5, 0.6) is 0 Å². The first-order valence-corrected chi connectivity index (χ1v) is 6.30. The van der Waals surface area contributed by atoms with Gasteiger partial charge < -0.3 is 15.8 Å². The number of nitrogens with two attached hydrogens (primary N) is 1. The third-order valence-corrected chi connectivity index (χ3v) is 3.07. The van der Waals surface area contributed by atoms with Gasteiger partial charge >= 0.3 is 0 Å². The quantitative estimate of drug-likeness (QED) is 0.386. The molecule has 0 aliphatic heterocycles. The Hall–Kier alpha value is -1.56. The van der Waals surface area contributed by atoms with Crippen molar-refractivity contribution in [2.45, 2.75) is 13.8 Å². The second-order valence-corrected chi connectivity index (χ2v) is 4.79. The number of hydrogen-bond acceptors (Lipinski definition) is 3. The van der Waals surface area contributed by atoms with Gasteiger partial charge in [0.05, 0.1) is 6.54 Å². The van der Waals surface area contributed by atoms with Crippen molar-refractivity contribution in [3.8, 4) is 0 Å². The van der Waals surface area contributed by atoms with Crippen molar-refractivity contribution in [3.05, 3.63) is 33.8 Å². The van der Waals surface area contributed by atoms with Gasteiger partial charge in [0.15, 0.2) is 5.84 Å². The van der Waals surface area contributed by atoms with Crippen LogP contribution in [0, 0.1) is 6.92 Å². The minimum atomic E-state index is -0.136. The molecule has 0 heterocycles. The van der Waals surface area contributed by atoms with Gasteiger partial charge in [0, 0.05) is 16.6 Å². The van der Waals surface area contributed by atoms with Crippen LogP contribution in [0.25, 0.3) is 0 Å². The number of oxime groups is 1. The van der Waals surface area contributed by atoms with Crippen molar-refractivity contribution >= 4 is 27.7 Å². The Balaban J connectivity index is 3.00. The van der Waals surface area contributed by atoms with E-state index in [0.29, 0.717) is 12.1 Å². The molecule has 0 aliphatic rings. The van der Waals surface area contributed by atoms with E-state index >= 15 is 0 Å². The first-order chi connectivity index (χ1) is 8.49. The average Bonchev–Trinajstić information content (AvgIpc) is 2.37. The van der Waals surface area contributed by atoms with Gasteiger partial charge in [0.1, 0.15) is 0 Å². The molecular weight excluding hydrogens is 298 g/mol. The van der Waals surface area contributed by atoms with Crippen molar-refractivity contribution < 1.29 is 10.0 Å². The topological polar surface area (TPSA) is 78.9 Å². The third kappa shape index (κ3) is 3.46. The highest BCUT2D eigenvalue weighted by Gasteiger charge is 2.17. The van der Waals surface area contributed by atoms with Crippen LogP contribution < -0.4 is 5.73 Å². The summed E-state index contributed by atoms with van der Waals surface area (Å²) in [7, 11) is 0. The molecule has 1 aromatic rings. The van der Waals surface area contributed by atoms with E-state index in [1.807, 2.05) is 26.0 Å². The zero-order valence-electron chi connectivity index (χ0n) is 10.4. The average molecular weight is 314 g/mol. The molecule has 3 N–H and O–H groups in total.